The Bertz CT molecular complexity index is 386. The molecule has 0 radical (unpaired) electrons. The maximum Gasteiger partial charge on any atom is 0.157 e. The van der Waals surface area contributed by atoms with Crippen molar-refractivity contribution in [3.63, 3.8) is 0 Å². The van der Waals surface area contributed by atoms with Crippen LogP contribution in [-0.4, -0.2) is 22.1 Å². The summed E-state index contributed by atoms with van der Waals surface area (Å²) in [5.41, 5.74) is 0.915. The van der Waals surface area contributed by atoms with Crippen molar-refractivity contribution in [1.29, 1.82) is 0 Å². The second kappa shape index (κ2) is 4.91. The summed E-state index contributed by atoms with van der Waals surface area (Å²) in [5.74, 6) is 1.52. The first-order chi connectivity index (χ1) is 7.65. The SMILES string of the molecule is Cc1cc(CNC2=NCC(C(C)C)S2)on1. The maximum atomic E-state index is 5.12. The minimum atomic E-state index is 0.610. The Kier molecular flexibility index (Phi) is 3.53. The average molecular weight is 239 g/mol. The molecule has 0 aliphatic carbocycles. The minimum absolute atomic E-state index is 0.610. The van der Waals surface area contributed by atoms with Gasteiger partial charge in [-0.3, -0.25) is 4.99 Å². The Hall–Kier alpha value is -0.970. The fourth-order valence-corrected chi connectivity index (χ4v) is 2.51. The molecule has 88 valence electrons. The van der Waals surface area contributed by atoms with Crippen LogP contribution in [0.15, 0.2) is 15.6 Å². The average Bonchev–Trinajstić information content (AvgIpc) is 2.83. The zero-order valence-corrected chi connectivity index (χ0v) is 10.7. The molecule has 1 aromatic heterocycles. The van der Waals surface area contributed by atoms with Crippen LogP contribution in [0, 0.1) is 12.8 Å². The summed E-state index contributed by atoms with van der Waals surface area (Å²) in [6.07, 6.45) is 0. The zero-order valence-electron chi connectivity index (χ0n) is 9.86. The Morgan fingerprint density at radius 3 is 3.00 bits per heavy atom. The molecular formula is C11H17N3OS. The number of rotatable bonds is 3. The van der Waals surface area contributed by atoms with Crippen molar-refractivity contribution in [2.45, 2.75) is 32.6 Å². The lowest BCUT2D eigenvalue weighted by Crippen LogP contribution is -2.19. The number of nitrogens with one attached hydrogen (secondary N) is 1. The highest BCUT2D eigenvalue weighted by molar-refractivity contribution is 8.14. The van der Waals surface area contributed by atoms with Crippen LogP contribution in [0.5, 0.6) is 0 Å². The van der Waals surface area contributed by atoms with Crippen molar-refractivity contribution in [3.8, 4) is 0 Å². The number of hydrogen-bond acceptors (Lipinski definition) is 5. The maximum absolute atomic E-state index is 5.12. The van der Waals surface area contributed by atoms with E-state index >= 15 is 0 Å². The van der Waals surface area contributed by atoms with Gasteiger partial charge in [-0.25, -0.2) is 0 Å². The number of aryl methyl sites for hydroxylation is 1. The van der Waals surface area contributed by atoms with Gasteiger partial charge in [0, 0.05) is 11.3 Å². The van der Waals surface area contributed by atoms with E-state index in [0.29, 0.717) is 17.7 Å². The molecule has 2 rings (SSSR count). The number of hydrogen-bond donors (Lipinski definition) is 1. The number of nitrogens with zero attached hydrogens (tertiary/aromatic N) is 2. The van der Waals surface area contributed by atoms with E-state index in [2.05, 4.69) is 29.3 Å². The largest absolute Gasteiger partial charge is 0.359 e. The number of aromatic nitrogens is 1. The molecule has 0 fully saturated rings. The van der Waals surface area contributed by atoms with Gasteiger partial charge in [-0.1, -0.05) is 30.8 Å². The van der Waals surface area contributed by atoms with E-state index in [9.17, 15) is 0 Å². The van der Waals surface area contributed by atoms with Crippen molar-refractivity contribution < 1.29 is 4.52 Å². The summed E-state index contributed by atoms with van der Waals surface area (Å²) in [6.45, 7) is 7.97. The van der Waals surface area contributed by atoms with E-state index < -0.39 is 0 Å². The second-order valence-electron chi connectivity index (χ2n) is 4.33. The molecule has 0 bridgehead atoms. The standard InChI is InChI=1S/C11H17N3OS/c1-7(2)10-6-13-11(16-10)12-5-9-4-8(3)14-15-9/h4,7,10H,5-6H2,1-3H3,(H,12,13). The fourth-order valence-electron chi connectivity index (χ4n) is 1.50. The third-order valence-electron chi connectivity index (χ3n) is 2.51. The Morgan fingerprint density at radius 1 is 1.62 bits per heavy atom. The first kappa shape index (κ1) is 11.5. The topological polar surface area (TPSA) is 50.4 Å². The molecule has 2 heterocycles. The summed E-state index contributed by atoms with van der Waals surface area (Å²) < 4.78 is 5.12. The normalized spacial score (nSPS) is 20.2. The van der Waals surface area contributed by atoms with Gasteiger partial charge in [0.25, 0.3) is 0 Å². The first-order valence-electron chi connectivity index (χ1n) is 5.52. The van der Waals surface area contributed by atoms with E-state index in [-0.39, 0.29) is 0 Å². The smallest absolute Gasteiger partial charge is 0.157 e. The highest BCUT2D eigenvalue weighted by atomic mass is 32.2. The summed E-state index contributed by atoms with van der Waals surface area (Å²) >= 11 is 1.82. The predicted molar refractivity (Wildman–Crippen MR) is 66.6 cm³/mol. The van der Waals surface area contributed by atoms with Gasteiger partial charge in [0.15, 0.2) is 10.9 Å². The molecule has 0 saturated carbocycles. The van der Waals surface area contributed by atoms with E-state index in [1.54, 1.807) is 0 Å². The molecule has 1 unspecified atom stereocenters. The molecule has 4 nitrogen and oxygen atoms in total. The Labute approximate surface area is 99.9 Å². The summed E-state index contributed by atoms with van der Waals surface area (Å²) in [6, 6.07) is 1.94. The Balaban J connectivity index is 1.80. The lowest BCUT2D eigenvalue weighted by atomic mass is 10.1. The lowest BCUT2D eigenvalue weighted by molar-refractivity contribution is 0.377. The van der Waals surface area contributed by atoms with Gasteiger partial charge in [0.2, 0.25) is 0 Å². The number of aliphatic imine (C=N–C) groups is 1. The zero-order chi connectivity index (χ0) is 11.5. The van der Waals surface area contributed by atoms with Crippen LogP contribution < -0.4 is 5.32 Å². The molecule has 5 heteroatoms. The molecule has 1 aliphatic heterocycles. The lowest BCUT2D eigenvalue weighted by Gasteiger charge is -2.11. The van der Waals surface area contributed by atoms with Crippen LogP contribution in [0.1, 0.15) is 25.3 Å². The Morgan fingerprint density at radius 2 is 2.44 bits per heavy atom. The summed E-state index contributed by atoms with van der Waals surface area (Å²) in [7, 11) is 0. The van der Waals surface area contributed by atoms with Crippen LogP contribution in [0.4, 0.5) is 0 Å². The molecule has 0 saturated heterocycles. The minimum Gasteiger partial charge on any atom is -0.359 e. The van der Waals surface area contributed by atoms with E-state index in [4.69, 9.17) is 4.52 Å². The molecule has 1 aliphatic rings. The van der Waals surface area contributed by atoms with Crippen molar-refractivity contribution >= 4 is 16.9 Å². The van der Waals surface area contributed by atoms with Crippen LogP contribution in [0.25, 0.3) is 0 Å². The van der Waals surface area contributed by atoms with Gasteiger partial charge in [-0.15, -0.1) is 0 Å². The van der Waals surface area contributed by atoms with Crippen molar-refractivity contribution in [1.82, 2.24) is 10.5 Å². The summed E-state index contributed by atoms with van der Waals surface area (Å²) in [5, 5.41) is 8.75. The van der Waals surface area contributed by atoms with Gasteiger partial charge >= 0.3 is 0 Å². The van der Waals surface area contributed by atoms with Gasteiger partial charge in [-0.05, 0) is 12.8 Å². The molecule has 16 heavy (non-hydrogen) atoms. The first-order valence-corrected chi connectivity index (χ1v) is 6.40. The highest BCUT2D eigenvalue weighted by Gasteiger charge is 2.22. The molecule has 1 N–H and O–H groups in total. The van der Waals surface area contributed by atoms with Gasteiger partial charge in [-0.2, -0.15) is 0 Å². The van der Waals surface area contributed by atoms with Crippen molar-refractivity contribution in [3.05, 3.63) is 17.5 Å². The molecule has 1 aromatic rings. The summed E-state index contributed by atoms with van der Waals surface area (Å²) in [4.78, 5) is 4.47. The van der Waals surface area contributed by atoms with Crippen molar-refractivity contribution in [2.24, 2.45) is 10.9 Å². The van der Waals surface area contributed by atoms with Crippen LogP contribution in [0.2, 0.25) is 0 Å². The molecule has 1 atom stereocenters. The van der Waals surface area contributed by atoms with E-state index in [1.165, 1.54) is 0 Å². The van der Waals surface area contributed by atoms with Crippen molar-refractivity contribution in [2.75, 3.05) is 6.54 Å². The predicted octanol–water partition coefficient (Wildman–Crippen LogP) is 2.20. The van der Waals surface area contributed by atoms with Gasteiger partial charge < -0.3 is 9.84 Å². The third-order valence-corrected chi connectivity index (χ3v) is 4.00. The molecule has 0 spiro atoms. The number of thioether (sulfide) groups is 1. The second-order valence-corrected chi connectivity index (χ2v) is 5.56. The third kappa shape index (κ3) is 2.78. The van der Waals surface area contributed by atoms with E-state index in [0.717, 1.165) is 23.2 Å². The van der Waals surface area contributed by atoms with Gasteiger partial charge in [0.1, 0.15) is 0 Å². The van der Waals surface area contributed by atoms with Crippen LogP contribution in [-0.2, 0) is 6.54 Å². The quantitative estimate of drug-likeness (QED) is 0.878. The monoisotopic (exact) mass is 239 g/mol. The molecule has 0 amide bonds. The molecular weight excluding hydrogens is 222 g/mol. The van der Waals surface area contributed by atoms with Crippen LogP contribution >= 0.6 is 11.8 Å². The number of amidine groups is 1. The van der Waals surface area contributed by atoms with Gasteiger partial charge in [0.05, 0.1) is 18.8 Å². The highest BCUT2D eigenvalue weighted by Crippen LogP contribution is 2.25. The van der Waals surface area contributed by atoms with Crippen LogP contribution in [0.3, 0.4) is 0 Å². The molecule has 0 aromatic carbocycles. The van der Waals surface area contributed by atoms with E-state index in [1.807, 2.05) is 24.8 Å². The fraction of sp³-hybridized carbons (Fsp3) is 0.636.